The van der Waals surface area contributed by atoms with Crippen molar-refractivity contribution in [1.82, 2.24) is 4.90 Å². The Morgan fingerprint density at radius 1 is 1.29 bits per heavy atom. The Bertz CT molecular complexity index is 520. The number of hydrogen-bond donors (Lipinski definition) is 1. The highest BCUT2D eigenvalue weighted by atomic mass is 16.4. The number of aliphatic carboxylic acids is 1. The van der Waals surface area contributed by atoms with Crippen molar-refractivity contribution in [1.29, 1.82) is 0 Å². The van der Waals surface area contributed by atoms with Crippen LogP contribution in [0, 0.1) is 13.8 Å². The molecule has 0 saturated carbocycles. The van der Waals surface area contributed by atoms with Gasteiger partial charge in [0.25, 0.3) is 0 Å². The summed E-state index contributed by atoms with van der Waals surface area (Å²) >= 11 is 0. The summed E-state index contributed by atoms with van der Waals surface area (Å²) in [6, 6.07) is 4.20. The fourth-order valence-electron chi connectivity index (χ4n) is 3.17. The standard InChI is InChI=1S/C18H27NO2/c1-12-9-14(18(3,4)5)10-13(2)15(12)11-19-8-6-7-16(19)17(20)21/h9-10,16H,6-8,11H2,1-5H3,(H,20,21). The second kappa shape index (κ2) is 5.80. The SMILES string of the molecule is Cc1cc(C(C)(C)C)cc(C)c1CN1CCCC1C(=O)O. The van der Waals surface area contributed by atoms with Gasteiger partial charge in [0.2, 0.25) is 0 Å². The zero-order valence-corrected chi connectivity index (χ0v) is 13.9. The van der Waals surface area contributed by atoms with Crippen LogP contribution in [0.2, 0.25) is 0 Å². The van der Waals surface area contributed by atoms with Crippen molar-refractivity contribution < 1.29 is 9.90 Å². The quantitative estimate of drug-likeness (QED) is 0.923. The summed E-state index contributed by atoms with van der Waals surface area (Å²) in [7, 11) is 0. The third-order valence-corrected chi connectivity index (χ3v) is 4.57. The highest BCUT2D eigenvalue weighted by molar-refractivity contribution is 5.73. The van der Waals surface area contributed by atoms with E-state index < -0.39 is 5.97 Å². The minimum absolute atomic E-state index is 0.144. The summed E-state index contributed by atoms with van der Waals surface area (Å²) in [5.74, 6) is -0.686. The predicted octanol–water partition coefficient (Wildman–Crippen LogP) is 3.65. The lowest BCUT2D eigenvalue weighted by molar-refractivity contribution is -0.142. The van der Waals surface area contributed by atoms with Crippen molar-refractivity contribution in [3.8, 4) is 0 Å². The van der Waals surface area contributed by atoms with E-state index in [2.05, 4.69) is 51.7 Å². The monoisotopic (exact) mass is 289 g/mol. The van der Waals surface area contributed by atoms with Crippen LogP contribution in [0.25, 0.3) is 0 Å². The molecule has 0 spiro atoms. The fraction of sp³-hybridized carbons (Fsp3) is 0.611. The molecule has 1 unspecified atom stereocenters. The van der Waals surface area contributed by atoms with Gasteiger partial charge in [0.1, 0.15) is 6.04 Å². The first-order chi connectivity index (χ1) is 9.70. The van der Waals surface area contributed by atoms with Gasteiger partial charge in [-0.05, 0) is 60.9 Å². The van der Waals surface area contributed by atoms with Crippen LogP contribution in [0.4, 0.5) is 0 Å². The molecule has 3 heteroatoms. The number of benzene rings is 1. The Labute approximate surface area is 128 Å². The maximum atomic E-state index is 11.3. The highest BCUT2D eigenvalue weighted by Gasteiger charge is 2.31. The fourth-order valence-corrected chi connectivity index (χ4v) is 3.17. The molecule has 1 aliphatic rings. The molecular formula is C18H27NO2. The number of carboxylic acid groups (broad SMARTS) is 1. The zero-order chi connectivity index (χ0) is 15.8. The smallest absolute Gasteiger partial charge is 0.320 e. The molecule has 1 aliphatic heterocycles. The number of hydrogen-bond acceptors (Lipinski definition) is 2. The predicted molar refractivity (Wildman–Crippen MR) is 85.7 cm³/mol. The molecule has 0 aliphatic carbocycles. The third-order valence-electron chi connectivity index (χ3n) is 4.57. The summed E-state index contributed by atoms with van der Waals surface area (Å²) in [6.07, 6.45) is 1.75. The topological polar surface area (TPSA) is 40.5 Å². The second-order valence-corrected chi connectivity index (χ2v) is 7.31. The number of carboxylic acids is 1. The van der Waals surface area contributed by atoms with Crippen LogP contribution in [0.5, 0.6) is 0 Å². The lowest BCUT2D eigenvalue weighted by Crippen LogP contribution is -2.35. The Morgan fingerprint density at radius 2 is 1.86 bits per heavy atom. The lowest BCUT2D eigenvalue weighted by atomic mass is 9.83. The first kappa shape index (κ1) is 16.0. The van der Waals surface area contributed by atoms with Crippen molar-refractivity contribution in [2.75, 3.05) is 6.54 Å². The first-order valence-corrected chi connectivity index (χ1v) is 7.77. The van der Waals surface area contributed by atoms with E-state index in [4.69, 9.17) is 0 Å². The molecule has 1 heterocycles. The minimum Gasteiger partial charge on any atom is -0.480 e. The molecular weight excluding hydrogens is 262 g/mol. The summed E-state index contributed by atoms with van der Waals surface area (Å²) in [6.45, 7) is 12.6. The minimum atomic E-state index is -0.686. The van der Waals surface area contributed by atoms with Crippen LogP contribution in [0.15, 0.2) is 12.1 Å². The maximum absolute atomic E-state index is 11.3. The normalized spacial score (nSPS) is 20.0. The van der Waals surface area contributed by atoms with Gasteiger partial charge in [0.05, 0.1) is 0 Å². The van der Waals surface area contributed by atoms with Gasteiger partial charge in [-0.2, -0.15) is 0 Å². The van der Waals surface area contributed by atoms with E-state index in [1.54, 1.807) is 0 Å². The molecule has 1 N–H and O–H groups in total. The molecule has 1 saturated heterocycles. The second-order valence-electron chi connectivity index (χ2n) is 7.31. The van der Waals surface area contributed by atoms with E-state index in [9.17, 15) is 9.90 Å². The number of aryl methyl sites for hydroxylation is 2. The third kappa shape index (κ3) is 3.46. The molecule has 3 nitrogen and oxygen atoms in total. The van der Waals surface area contributed by atoms with Crippen LogP contribution < -0.4 is 0 Å². The first-order valence-electron chi connectivity index (χ1n) is 7.77. The van der Waals surface area contributed by atoms with Gasteiger partial charge in [0.15, 0.2) is 0 Å². The molecule has 0 radical (unpaired) electrons. The van der Waals surface area contributed by atoms with E-state index in [0.717, 1.165) is 25.9 Å². The van der Waals surface area contributed by atoms with Crippen molar-refractivity contribution >= 4 is 5.97 Å². The molecule has 0 aromatic heterocycles. The summed E-state index contributed by atoms with van der Waals surface area (Å²) in [5, 5.41) is 9.31. The number of likely N-dealkylation sites (tertiary alicyclic amines) is 1. The largest absolute Gasteiger partial charge is 0.480 e. The van der Waals surface area contributed by atoms with Crippen LogP contribution in [-0.4, -0.2) is 28.6 Å². The molecule has 2 rings (SSSR count). The Hall–Kier alpha value is -1.35. The number of nitrogens with zero attached hydrogens (tertiary/aromatic N) is 1. The van der Waals surface area contributed by atoms with Gasteiger partial charge in [-0.3, -0.25) is 9.69 Å². The van der Waals surface area contributed by atoms with Gasteiger partial charge in [-0.15, -0.1) is 0 Å². The van der Waals surface area contributed by atoms with Gasteiger partial charge in [0, 0.05) is 6.54 Å². The van der Waals surface area contributed by atoms with E-state index in [0.29, 0.717) is 0 Å². The maximum Gasteiger partial charge on any atom is 0.320 e. The highest BCUT2D eigenvalue weighted by Crippen LogP contribution is 2.29. The van der Waals surface area contributed by atoms with Gasteiger partial charge < -0.3 is 5.11 Å². The van der Waals surface area contributed by atoms with Crippen molar-refractivity contribution in [3.05, 3.63) is 34.4 Å². The summed E-state index contributed by atoms with van der Waals surface area (Å²) in [5.41, 5.74) is 5.33. The molecule has 0 bridgehead atoms. The van der Waals surface area contributed by atoms with Crippen LogP contribution in [0.1, 0.15) is 55.9 Å². The van der Waals surface area contributed by atoms with Crippen molar-refractivity contribution in [3.63, 3.8) is 0 Å². The Balaban J connectivity index is 2.27. The lowest BCUT2D eigenvalue weighted by Gasteiger charge is -2.26. The zero-order valence-electron chi connectivity index (χ0n) is 13.9. The molecule has 1 aromatic rings. The number of rotatable bonds is 3. The average molecular weight is 289 g/mol. The van der Waals surface area contributed by atoms with E-state index in [1.165, 1.54) is 22.3 Å². The van der Waals surface area contributed by atoms with E-state index >= 15 is 0 Å². The van der Waals surface area contributed by atoms with Gasteiger partial charge in [-0.25, -0.2) is 0 Å². The molecule has 1 atom stereocenters. The van der Waals surface area contributed by atoms with Gasteiger partial charge >= 0.3 is 5.97 Å². The average Bonchev–Trinajstić information content (AvgIpc) is 2.80. The van der Waals surface area contributed by atoms with Gasteiger partial charge in [-0.1, -0.05) is 32.9 Å². The molecule has 116 valence electrons. The van der Waals surface area contributed by atoms with E-state index in [-0.39, 0.29) is 11.5 Å². The van der Waals surface area contributed by atoms with Crippen molar-refractivity contribution in [2.24, 2.45) is 0 Å². The Morgan fingerprint density at radius 3 is 2.33 bits per heavy atom. The summed E-state index contributed by atoms with van der Waals surface area (Å²) < 4.78 is 0. The molecule has 1 fully saturated rings. The van der Waals surface area contributed by atoms with Crippen molar-refractivity contribution in [2.45, 2.75) is 65.5 Å². The molecule has 0 amide bonds. The van der Waals surface area contributed by atoms with Crippen LogP contribution >= 0.6 is 0 Å². The molecule has 1 aromatic carbocycles. The van der Waals surface area contributed by atoms with E-state index in [1.807, 2.05) is 0 Å². The Kier molecular flexibility index (Phi) is 4.43. The van der Waals surface area contributed by atoms with Crippen LogP contribution in [0.3, 0.4) is 0 Å². The summed E-state index contributed by atoms with van der Waals surface area (Å²) in [4.78, 5) is 13.4. The number of carbonyl (C=O) groups is 1. The van der Waals surface area contributed by atoms with Crippen LogP contribution in [-0.2, 0) is 16.8 Å². The molecule has 21 heavy (non-hydrogen) atoms.